The molecule has 0 bridgehead atoms. The van der Waals surface area contributed by atoms with E-state index >= 15 is 0 Å². The molecule has 1 amide bonds. The summed E-state index contributed by atoms with van der Waals surface area (Å²) in [7, 11) is 0. The van der Waals surface area contributed by atoms with Crippen molar-refractivity contribution in [2.75, 3.05) is 11.4 Å². The van der Waals surface area contributed by atoms with Crippen LogP contribution < -0.4 is 10.2 Å². The SMILES string of the molecule is CCCN(c1ccncc1)C(Cc1ccc2[nH]ccc2c1)NC(=O)O.Cl. The maximum atomic E-state index is 11.4. The van der Waals surface area contributed by atoms with E-state index in [1.165, 1.54) is 0 Å². The number of rotatable bonds is 7. The van der Waals surface area contributed by atoms with Gasteiger partial charge in [0.25, 0.3) is 0 Å². The van der Waals surface area contributed by atoms with E-state index in [1.807, 2.05) is 36.5 Å². The van der Waals surface area contributed by atoms with Crippen molar-refractivity contribution >= 4 is 35.1 Å². The number of fused-ring (bicyclic) bond motifs is 1. The van der Waals surface area contributed by atoms with Crippen molar-refractivity contribution in [3.63, 3.8) is 0 Å². The summed E-state index contributed by atoms with van der Waals surface area (Å²) in [4.78, 5) is 20.7. The monoisotopic (exact) mass is 374 g/mol. The predicted octanol–water partition coefficient (Wildman–Crippen LogP) is 4.04. The van der Waals surface area contributed by atoms with E-state index in [0.717, 1.165) is 35.1 Å². The molecule has 0 saturated carbocycles. The molecule has 1 atom stereocenters. The van der Waals surface area contributed by atoms with Crippen LogP contribution >= 0.6 is 12.4 Å². The molecule has 2 aromatic heterocycles. The molecule has 3 rings (SSSR count). The van der Waals surface area contributed by atoms with Gasteiger partial charge < -0.3 is 20.3 Å². The van der Waals surface area contributed by atoms with Gasteiger partial charge in [-0.3, -0.25) is 4.98 Å². The minimum atomic E-state index is -1.03. The Kier molecular flexibility index (Phi) is 6.86. The molecule has 0 saturated heterocycles. The topological polar surface area (TPSA) is 81.2 Å². The number of carboxylic acid groups (broad SMARTS) is 1. The van der Waals surface area contributed by atoms with E-state index in [0.29, 0.717) is 6.42 Å². The summed E-state index contributed by atoms with van der Waals surface area (Å²) in [6, 6.07) is 12.0. The van der Waals surface area contributed by atoms with E-state index in [2.05, 4.69) is 33.2 Å². The first-order valence-corrected chi connectivity index (χ1v) is 8.39. The second-order valence-corrected chi connectivity index (χ2v) is 5.97. The predicted molar refractivity (Wildman–Crippen MR) is 106 cm³/mol. The summed E-state index contributed by atoms with van der Waals surface area (Å²) < 4.78 is 0. The van der Waals surface area contributed by atoms with Crippen LogP contribution in [-0.4, -0.2) is 33.9 Å². The lowest BCUT2D eigenvalue weighted by molar-refractivity contribution is 0.189. The van der Waals surface area contributed by atoms with Crippen molar-refractivity contribution in [1.29, 1.82) is 0 Å². The molecule has 3 aromatic rings. The zero-order valence-electron chi connectivity index (χ0n) is 14.6. The highest BCUT2D eigenvalue weighted by Gasteiger charge is 2.21. The van der Waals surface area contributed by atoms with Crippen molar-refractivity contribution in [3.05, 3.63) is 60.6 Å². The lowest BCUT2D eigenvalue weighted by atomic mass is 10.1. The van der Waals surface area contributed by atoms with Crippen LogP contribution in [0.5, 0.6) is 0 Å². The Labute approximate surface area is 158 Å². The van der Waals surface area contributed by atoms with Crippen molar-refractivity contribution < 1.29 is 9.90 Å². The lowest BCUT2D eigenvalue weighted by Crippen LogP contribution is -2.49. The number of aromatic nitrogens is 2. The molecule has 0 fully saturated rings. The van der Waals surface area contributed by atoms with Crippen LogP contribution in [0.3, 0.4) is 0 Å². The van der Waals surface area contributed by atoms with Gasteiger partial charge in [0.15, 0.2) is 0 Å². The number of nitrogens with zero attached hydrogens (tertiary/aromatic N) is 2. The van der Waals surface area contributed by atoms with Crippen LogP contribution in [0.15, 0.2) is 55.0 Å². The number of anilines is 1. The van der Waals surface area contributed by atoms with Gasteiger partial charge in [-0.15, -0.1) is 12.4 Å². The van der Waals surface area contributed by atoms with Crippen LogP contribution in [0.4, 0.5) is 10.5 Å². The summed E-state index contributed by atoms with van der Waals surface area (Å²) in [5.41, 5.74) is 3.12. The third kappa shape index (κ3) is 4.67. The number of aromatic amines is 1. The Bertz CT molecular complexity index is 838. The van der Waals surface area contributed by atoms with Gasteiger partial charge in [-0.1, -0.05) is 13.0 Å². The number of nitrogens with one attached hydrogen (secondary N) is 2. The van der Waals surface area contributed by atoms with Crippen molar-refractivity contribution in [1.82, 2.24) is 15.3 Å². The Hall–Kier alpha value is -2.73. The molecular formula is C19H23ClN4O2. The maximum absolute atomic E-state index is 11.4. The van der Waals surface area contributed by atoms with Gasteiger partial charge in [0.2, 0.25) is 0 Å². The van der Waals surface area contributed by atoms with Gasteiger partial charge in [-0.25, -0.2) is 4.79 Å². The minimum Gasteiger partial charge on any atom is -0.465 e. The molecule has 1 aromatic carbocycles. The number of carbonyl (C=O) groups is 1. The summed E-state index contributed by atoms with van der Waals surface area (Å²) in [6.07, 6.45) is 5.47. The highest BCUT2D eigenvalue weighted by Crippen LogP contribution is 2.20. The van der Waals surface area contributed by atoms with Crippen LogP contribution in [0, 0.1) is 0 Å². The van der Waals surface area contributed by atoms with Gasteiger partial charge in [-0.05, 0) is 47.7 Å². The fourth-order valence-electron chi connectivity index (χ4n) is 3.08. The number of benzene rings is 1. The van der Waals surface area contributed by atoms with E-state index in [9.17, 15) is 9.90 Å². The van der Waals surface area contributed by atoms with Crippen LogP contribution in [0.1, 0.15) is 18.9 Å². The first-order chi connectivity index (χ1) is 12.2. The molecule has 0 aliphatic rings. The molecule has 0 aliphatic carbocycles. The fraction of sp³-hybridized carbons (Fsp3) is 0.263. The normalized spacial score (nSPS) is 11.6. The molecule has 7 heteroatoms. The molecule has 0 aliphatic heterocycles. The average Bonchev–Trinajstić information content (AvgIpc) is 3.07. The van der Waals surface area contributed by atoms with Gasteiger partial charge >= 0.3 is 6.09 Å². The van der Waals surface area contributed by atoms with Gasteiger partial charge in [0.05, 0.1) is 0 Å². The van der Waals surface area contributed by atoms with Crippen molar-refractivity contribution in [2.24, 2.45) is 0 Å². The number of pyridine rings is 1. The quantitative estimate of drug-likeness (QED) is 0.545. The largest absolute Gasteiger partial charge is 0.465 e. The number of amides is 1. The maximum Gasteiger partial charge on any atom is 0.406 e. The highest BCUT2D eigenvalue weighted by atomic mass is 35.5. The van der Waals surface area contributed by atoms with Crippen LogP contribution in [-0.2, 0) is 6.42 Å². The Morgan fingerprint density at radius 3 is 2.73 bits per heavy atom. The average molecular weight is 375 g/mol. The Balaban J connectivity index is 0.00000243. The Morgan fingerprint density at radius 2 is 2.04 bits per heavy atom. The molecule has 138 valence electrons. The van der Waals surface area contributed by atoms with E-state index in [1.54, 1.807) is 12.4 Å². The number of halogens is 1. The summed E-state index contributed by atoms with van der Waals surface area (Å²) in [5.74, 6) is 0. The molecule has 2 heterocycles. The van der Waals surface area contributed by atoms with E-state index in [-0.39, 0.29) is 18.6 Å². The van der Waals surface area contributed by atoms with Crippen LogP contribution in [0.2, 0.25) is 0 Å². The summed E-state index contributed by atoms with van der Waals surface area (Å²) in [5, 5.41) is 13.1. The molecule has 3 N–H and O–H groups in total. The van der Waals surface area contributed by atoms with Gasteiger partial charge in [0, 0.05) is 42.8 Å². The second kappa shape index (κ2) is 9.10. The standard InChI is InChI=1S/C19H22N4O2.ClH/c1-2-11-23(16-6-8-20-9-7-16)18(22-19(24)25)13-14-3-4-17-15(12-14)5-10-21-17;/h3-10,12,18,21-22H,2,11,13H2,1H3,(H,24,25);1H. The zero-order chi connectivity index (χ0) is 17.6. The van der Waals surface area contributed by atoms with Crippen molar-refractivity contribution in [3.8, 4) is 0 Å². The summed E-state index contributed by atoms with van der Waals surface area (Å²) in [6.45, 7) is 2.83. The molecule has 1 unspecified atom stereocenters. The molecule has 0 spiro atoms. The molecule has 0 radical (unpaired) electrons. The number of hydrogen-bond donors (Lipinski definition) is 3. The third-order valence-electron chi connectivity index (χ3n) is 4.17. The van der Waals surface area contributed by atoms with E-state index in [4.69, 9.17) is 0 Å². The smallest absolute Gasteiger partial charge is 0.406 e. The number of H-pyrrole nitrogens is 1. The summed E-state index contributed by atoms with van der Waals surface area (Å²) >= 11 is 0. The lowest BCUT2D eigenvalue weighted by Gasteiger charge is -2.33. The number of hydrogen-bond acceptors (Lipinski definition) is 3. The zero-order valence-corrected chi connectivity index (χ0v) is 15.4. The molecular weight excluding hydrogens is 352 g/mol. The van der Waals surface area contributed by atoms with Gasteiger partial charge in [0.1, 0.15) is 6.17 Å². The highest BCUT2D eigenvalue weighted by molar-refractivity contribution is 5.85. The van der Waals surface area contributed by atoms with Crippen LogP contribution in [0.25, 0.3) is 10.9 Å². The fourth-order valence-corrected chi connectivity index (χ4v) is 3.08. The van der Waals surface area contributed by atoms with Crippen molar-refractivity contribution in [2.45, 2.75) is 25.9 Å². The Morgan fingerprint density at radius 1 is 1.27 bits per heavy atom. The first kappa shape index (κ1) is 19.6. The molecule has 26 heavy (non-hydrogen) atoms. The van der Waals surface area contributed by atoms with Gasteiger partial charge in [-0.2, -0.15) is 0 Å². The minimum absolute atomic E-state index is 0. The molecule has 6 nitrogen and oxygen atoms in total. The first-order valence-electron chi connectivity index (χ1n) is 8.39. The third-order valence-corrected chi connectivity index (χ3v) is 4.17. The van der Waals surface area contributed by atoms with E-state index < -0.39 is 6.09 Å². The second-order valence-electron chi connectivity index (χ2n) is 5.97.